The molecule has 0 N–H and O–H groups in total. The monoisotopic (exact) mass is 345 g/mol. The van der Waals surface area contributed by atoms with E-state index in [4.69, 9.17) is 16.3 Å². The van der Waals surface area contributed by atoms with Gasteiger partial charge < -0.3 is 9.64 Å². The zero-order chi connectivity index (χ0) is 16.8. The molecular weight excluding hydrogens is 326 g/mol. The van der Waals surface area contributed by atoms with E-state index in [1.807, 2.05) is 29.2 Å². The van der Waals surface area contributed by atoms with Crippen molar-refractivity contribution in [3.63, 3.8) is 0 Å². The van der Waals surface area contributed by atoms with Crippen LogP contribution in [0.2, 0.25) is 5.02 Å². The number of ether oxygens (including phenoxy) is 1. The van der Waals surface area contributed by atoms with Crippen molar-refractivity contribution in [2.75, 3.05) is 13.1 Å². The van der Waals surface area contributed by atoms with E-state index in [-0.39, 0.29) is 12.0 Å². The largest absolute Gasteiger partial charge is 0.472 e. The van der Waals surface area contributed by atoms with Crippen LogP contribution in [0.5, 0.6) is 5.88 Å². The average molecular weight is 346 g/mol. The lowest BCUT2D eigenvalue weighted by molar-refractivity contribution is -0.133. The molecule has 1 atom stereocenters. The zero-order valence-electron chi connectivity index (χ0n) is 13.4. The summed E-state index contributed by atoms with van der Waals surface area (Å²) in [6, 6.07) is 9.39. The molecule has 0 radical (unpaired) electrons. The minimum absolute atomic E-state index is 0.0104. The van der Waals surface area contributed by atoms with Gasteiger partial charge in [0.05, 0.1) is 6.54 Å². The maximum atomic E-state index is 12.5. The molecule has 0 spiro atoms. The summed E-state index contributed by atoms with van der Waals surface area (Å²) >= 11 is 5.98. The molecule has 6 heteroatoms. The predicted molar refractivity (Wildman–Crippen MR) is 92.0 cm³/mol. The number of hydrogen-bond acceptors (Lipinski definition) is 4. The molecule has 24 heavy (non-hydrogen) atoms. The van der Waals surface area contributed by atoms with E-state index in [1.165, 1.54) is 6.33 Å². The number of aryl methyl sites for hydroxylation is 1. The summed E-state index contributed by atoms with van der Waals surface area (Å²) in [5.41, 5.74) is 1.08. The molecule has 0 bridgehead atoms. The van der Waals surface area contributed by atoms with Crippen LogP contribution in [-0.2, 0) is 11.2 Å². The van der Waals surface area contributed by atoms with E-state index >= 15 is 0 Å². The maximum Gasteiger partial charge on any atom is 0.223 e. The van der Waals surface area contributed by atoms with Crippen molar-refractivity contribution < 1.29 is 9.53 Å². The predicted octanol–water partition coefficient (Wildman–Crippen LogP) is 3.13. The first-order valence-electron chi connectivity index (χ1n) is 8.15. The standard InChI is InChI=1S/C18H20ClN3O2/c19-15-4-1-3-14(11-15)6-7-18(23)22-10-2-5-16(12-22)24-17-8-9-20-13-21-17/h1,3-4,8-9,11,13,16H,2,5-7,10,12H2/t16-/m0/s1. The summed E-state index contributed by atoms with van der Waals surface area (Å²) < 4.78 is 5.85. The number of carbonyl (C=O) groups is 1. The van der Waals surface area contributed by atoms with Crippen LogP contribution < -0.4 is 4.74 Å². The van der Waals surface area contributed by atoms with Crippen LogP contribution in [0.15, 0.2) is 42.9 Å². The topological polar surface area (TPSA) is 55.3 Å². The zero-order valence-corrected chi connectivity index (χ0v) is 14.2. The van der Waals surface area contributed by atoms with Crippen molar-refractivity contribution in [1.82, 2.24) is 14.9 Å². The van der Waals surface area contributed by atoms with Gasteiger partial charge in [0.15, 0.2) is 0 Å². The Labute approximate surface area is 146 Å². The Morgan fingerprint density at radius 1 is 1.38 bits per heavy atom. The van der Waals surface area contributed by atoms with Crippen LogP contribution in [0.25, 0.3) is 0 Å². The van der Waals surface area contributed by atoms with Gasteiger partial charge in [-0.05, 0) is 37.0 Å². The molecule has 5 nitrogen and oxygen atoms in total. The van der Waals surface area contributed by atoms with Gasteiger partial charge in [0.25, 0.3) is 0 Å². The number of likely N-dealkylation sites (tertiary alicyclic amines) is 1. The van der Waals surface area contributed by atoms with Gasteiger partial charge in [-0.1, -0.05) is 23.7 Å². The Morgan fingerprint density at radius 3 is 3.08 bits per heavy atom. The third kappa shape index (κ3) is 4.68. The maximum absolute atomic E-state index is 12.5. The van der Waals surface area contributed by atoms with Crippen LogP contribution in [0.1, 0.15) is 24.8 Å². The highest BCUT2D eigenvalue weighted by atomic mass is 35.5. The van der Waals surface area contributed by atoms with E-state index in [0.717, 1.165) is 24.9 Å². The minimum Gasteiger partial charge on any atom is -0.472 e. The molecule has 0 aliphatic carbocycles. The number of piperidine rings is 1. The number of aromatic nitrogens is 2. The molecular formula is C18H20ClN3O2. The Balaban J connectivity index is 1.51. The lowest BCUT2D eigenvalue weighted by atomic mass is 10.1. The number of nitrogens with zero attached hydrogens (tertiary/aromatic N) is 3. The summed E-state index contributed by atoms with van der Waals surface area (Å²) in [5, 5.41) is 0.705. The van der Waals surface area contributed by atoms with Gasteiger partial charge in [-0.25, -0.2) is 9.97 Å². The highest BCUT2D eigenvalue weighted by Gasteiger charge is 2.24. The first kappa shape index (κ1) is 16.7. The smallest absolute Gasteiger partial charge is 0.223 e. The van der Waals surface area contributed by atoms with Gasteiger partial charge in [-0.3, -0.25) is 4.79 Å². The van der Waals surface area contributed by atoms with Crippen LogP contribution in [0.4, 0.5) is 0 Å². The summed E-state index contributed by atoms with van der Waals surface area (Å²) in [6.45, 7) is 1.40. The van der Waals surface area contributed by atoms with Gasteiger partial charge in [0.1, 0.15) is 12.4 Å². The fourth-order valence-electron chi connectivity index (χ4n) is 2.88. The van der Waals surface area contributed by atoms with Gasteiger partial charge in [-0.15, -0.1) is 0 Å². The molecule has 3 rings (SSSR count). The van der Waals surface area contributed by atoms with E-state index in [2.05, 4.69) is 9.97 Å². The van der Waals surface area contributed by atoms with Crippen LogP contribution in [0, 0.1) is 0 Å². The van der Waals surface area contributed by atoms with Gasteiger partial charge in [-0.2, -0.15) is 0 Å². The number of hydrogen-bond donors (Lipinski definition) is 0. The molecule has 126 valence electrons. The molecule has 1 amide bonds. The number of halogens is 1. The van der Waals surface area contributed by atoms with E-state index in [9.17, 15) is 4.79 Å². The lowest BCUT2D eigenvalue weighted by Gasteiger charge is -2.32. The summed E-state index contributed by atoms with van der Waals surface area (Å²) in [6.07, 6.45) is 6.17. The molecule has 1 aliphatic heterocycles. The molecule has 1 aromatic heterocycles. The highest BCUT2D eigenvalue weighted by Crippen LogP contribution is 2.18. The van der Waals surface area contributed by atoms with Crippen molar-refractivity contribution in [2.24, 2.45) is 0 Å². The van der Waals surface area contributed by atoms with Crippen LogP contribution in [-0.4, -0.2) is 40.0 Å². The first-order valence-corrected chi connectivity index (χ1v) is 8.53. The lowest BCUT2D eigenvalue weighted by Crippen LogP contribution is -2.44. The molecule has 1 aliphatic rings. The number of carbonyl (C=O) groups excluding carboxylic acids is 1. The summed E-state index contributed by atoms with van der Waals surface area (Å²) in [5.74, 6) is 0.717. The molecule has 2 heterocycles. The molecule has 0 unspecified atom stereocenters. The Hall–Kier alpha value is -2.14. The minimum atomic E-state index is -0.0104. The van der Waals surface area contributed by atoms with Crippen molar-refractivity contribution in [3.05, 3.63) is 53.4 Å². The van der Waals surface area contributed by atoms with E-state index in [1.54, 1.807) is 12.3 Å². The number of benzene rings is 1. The van der Waals surface area contributed by atoms with E-state index < -0.39 is 0 Å². The number of rotatable bonds is 5. The second kappa shape index (κ2) is 8.11. The fraction of sp³-hybridized carbons (Fsp3) is 0.389. The van der Waals surface area contributed by atoms with Crippen molar-refractivity contribution in [2.45, 2.75) is 31.8 Å². The summed E-state index contributed by atoms with van der Waals surface area (Å²) in [4.78, 5) is 22.3. The third-order valence-corrected chi connectivity index (χ3v) is 4.32. The Bertz CT molecular complexity index is 681. The third-order valence-electron chi connectivity index (χ3n) is 4.09. The second-order valence-corrected chi connectivity index (χ2v) is 6.34. The second-order valence-electron chi connectivity index (χ2n) is 5.90. The molecule has 2 aromatic rings. The van der Waals surface area contributed by atoms with Gasteiger partial charge in [0.2, 0.25) is 11.8 Å². The average Bonchev–Trinajstić information content (AvgIpc) is 2.61. The molecule has 1 fully saturated rings. The highest BCUT2D eigenvalue weighted by molar-refractivity contribution is 6.30. The van der Waals surface area contributed by atoms with Gasteiger partial charge in [0, 0.05) is 30.3 Å². The van der Waals surface area contributed by atoms with Crippen LogP contribution >= 0.6 is 11.6 Å². The molecule has 1 saturated heterocycles. The SMILES string of the molecule is O=C(CCc1cccc(Cl)c1)N1CCC[C@H](Oc2ccncn2)C1. The Morgan fingerprint density at radius 2 is 2.29 bits per heavy atom. The fourth-order valence-corrected chi connectivity index (χ4v) is 3.09. The Kier molecular flexibility index (Phi) is 5.64. The normalized spacial score (nSPS) is 17.5. The first-order chi connectivity index (χ1) is 11.7. The van der Waals surface area contributed by atoms with E-state index in [0.29, 0.717) is 30.3 Å². The van der Waals surface area contributed by atoms with Crippen molar-refractivity contribution >= 4 is 17.5 Å². The van der Waals surface area contributed by atoms with Crippen LogP contribution in [0.3, 0.4) is 0 Å². The van der Waals surface area contributed by atoms with Gasteiger partial charge >= 0.3 is 0 Å². The molecule has 1 aromatic carbocycles. The summed E-state index contributed by atoms with van der Waals surface area (Å²) in [7, 11) is 0. The molecule has 0 saturated carbocycles. The van der Waals surface area contributed by atoms with Crippen molar-refractivity contribution in [3.8, 4) is 5.88 Å². The number of amides is 1. The van der Waals surface area contributed by atoms with Crippen molar-refractivity contribution in [1.29, 1.82) is 0 Å². The quantitative estimate of drug-likeness (QED) is 0.835.